The van der Waals surface area contributed by atoms with Gasteiger partial charge in [0.15, 0.2) is 0 Å². The predicted octanol–water partition coefficient (Wildman–Crippen LogP) is 12.4. The minimum absolute atomic E-state index is 0. The molecule has 0 amide bonds. The maximum Gasteiger partial charge on any atom is 0.216 e. The van der Waals surface area contributed by atoms with Gasteiger partial charge in [-0.15, -0.1) is 17.7 Å². The van der Waals surface area contributed by atoms with Gasteiger partial charge in [0.05, 0.1) is 28.1 Å². The molecule has 289 valence electrons. The molecular formula is C49H52GeIrN4O-2. The number of hydrogen-bond acceptors (Lipinski definition) is 4. The molecule has 8 rings (SSSR count). The van der Waals surface area contributed by atoms with E-state index in [2.05, 4.69) is 156 Å². The zero-order valence-corrected chi connectivity index (χ0v) is 39.0. The molecule has 0 N–H and O–H groups in total. The van der Waals surface area contributed by atoms with Crippen molar-refractivity contribution in [2.24, 2.45) is 5.92 Å². The number of pyridine rings is 2. The number of hydrogen-bond donors (Lipinski definition) is 0. The Labute approximate surface area is 348 Å². The summed E-state index contributed by atoms with van der Waals surface area (Å²) < 4.78 is 10.4. The van der Waals surface area contributed by atoms with Crippen LogP contribution >= 0.6 is 0 Å². The van der Waals surface area contributed by atoms with E-state index in [1.807, 2.05) is 30.3 Å². The normalized spacial score (nSPS) is 11.9. The molecule has 8 aromatic rings. The SMILES string of the molecule is CC(C)Cc1cc(-c2[c-]cccc2)nc[c]1[Ge]([CH3])([CH3])[CH3].Cc1cccc(C)c1-c1ccc2c(n1)oc1c(-c3nc4ccccc4n3C(C)(C)C)[c-]cc(C)c12.[Ir]. The first kappa shape index (κ1) is 41.3. The first-order valence-electron chi connectivity index (χ1n) is 19.4. The number of imidazole rings is 1. The Morgan fingerprint density at radius 1 is 0.804 bits per heavy atom. The van der Waals surface area contributed by atoms with Crippen molar-refractivity contribution < 1.29 is 24.5 Å². The Morgan fingerprint density at radius 2 is 1.52 bits per heavy atom. The smallest absolute Gasteiger partial charge is 0.216 e. The van der Waals surface area contributed by atoms with Gasteiger partial charge in [0.1, 0.15) is 0 Å². The largest absolute Gasteiger partial charge is 0.486 e. The van der Waals surface area contributed by atoms with E-state index in [4.69, 9.17) is 19.4 Å². The maximum absolute atomic E-state index is 6.53. The van der Waals surface area contributed by atoms with Crippen LogP contribution in [0.4, 0.5) is 0 Å². The monoisotopic (exact) mass is 979 g/mol. The Hall–Kier alpha value is -4.36. The van der Waals surface area contributed by atoms with Crippen LogP contribution < -0.4 is 4.40 Å². The third kappa shape index (κ3) is 8.21. The summed E-state index contributed by atoms with van der Waals surface area (Å²) in [6, 6.07) is 38.0. The fourth-order valence-electron chi connectivity index (χ4n) is 7.74. The molecule has 0 saturated heterocycles. The fourth-order valence-corrected chi connectivity index (χ4v) is 11.1. The molecule has 0 saturated carbocycles. The van der Waals surface area contributed by atoms with Gasteiger partial charge in [0.25, 0.3) is 0 Å². The molecular weight excluding hydrogens is 925 g/mol. The van der Waals surface area contributed by atoms with Gasteiger partial charge in [-0.25, -0.2) is 4.98 Å². The Bertz CT molecular complexity index is 2640. The minimum atomic E-state index is -1.86. The van der Waals surface area contributed by atoms with Crippen molar-refractivity contribution in [3.05, 3.63) is 132 Å². The molecule has 0 aliphatic carbocycles. The van der Waals surface area contributed by atoms with Crippen LogP contribution in [-0.2, 0) is 32.1 Å². The maximum atomic E-state index is 6.53. The predicted molar refractivity (Wildman–Crippen MR) is 234 cm³/mol. The summed E-state index contributed by atoms with van der Waals surface area (Å²) in [5.41, 5.74) is 13.4. The van der Waals surface area contributed by atoms with Crippen LogP contribution in [0.2, 0.25) is 17.3 Å². The van der Waals surface area contributed by atoms with E-state index in [1.165, 1.54) is 16.7 Å². The van der Waals surface area contributed by atoms with Crippen molar-refractivity contribution in [3.63, 3.8) is 0 Å². The zero-order valence-electron chi connectivity index (χ0n) is 34.6. The minimum Gasteiger partial charge on any atom is -0.486 e. The van der Waals surface area contributed by atoms with Crippen LogP contribution in [0.1, 0.15) is 56.9 Å². The molecule has 1 radical (unpaired) electrons. The number of furan rings is 1. The zero-order chi connectivity index (χ0) is 39.2. The van der Waals surface area contributed by atoms with Gasteiger partial charge >= 0.3 is 126 Å². The number of aryl methyl sites for hydroxylation is 3. The van der Waals surface area contributed by atoms with E-state index in [-0.39, 0.29) is 25.6 Å². The average molecular weight is 978 g/mol. The van der Waals surface area contributed by atoms with Gasteiger partial charge in [-0.2, -0.15) is 0 Å². The van der Waals surface area contributed by atoms with Gasteiger partial charge in [0.2, 0.25) is 5.71 Å². The van der Waals surface area contributed by atoms with E-state index < -0.39 is 13.3 Å². The van der Waals surface area contributed by atoms with Crippen molar-refractivity contribution in [1.29, 1.82) is 0 Å². The molecule has 0 aliphatic heterocycles. The van der Waals surface area contributed by atoms with Gasteiger partial charge in [0, 0.05) is 36.6 Å². The summed E-state index contributed by atoms with van der Waals surface area (Å²) in [4.78, 5) is 14.7. The molecule has 0 spiro atoms. The van der Waals surface area contributed by atoms with Crippen molar-refractivity contribution in [2.45, 2.75) is 84.6 Å². The molecule has 4 heterocycles. The molecule has 56 heavy (non-hydrogen) atoms. The van der Waals surface area contributed by atoms with Gasteiger partial charge in [-0.3, -0.25) is 4.98 Å². The van der Waals surface area contributed by atoms with Crippen molar-refractivity contribution in [1.82, 2.24) is 19.5 Å². The third-order valence-corrected chi connectivity index (χ3v) is 14.5. The Balaban J connectivity index is 0.000000217. The number of rotatable bonds is 6. The quantitative estimate of drug-likeness (QED) is 0.123. The summed E-state index contributed by atoms with van der Waals surface area (Å²) in [6.07, 6.45) is 3.27. The molecule has 0 atom stereocenters. The number of nitrogens with zero attached hydrogens (tertiary/aromatic N) is 4. The van der Waals surface area contributed by atoms with Gasteiger partial charge in [-0.1, -0.05) is 48.2 Å². The van der Waals surface area contributed by atoms with Crippen LogP contribution in [0.5, 0.6) is 0 Å². The summed E-state index contributed by atoms with van der Waals surface area (Å²) in [6.45, 7) is 17.5. The summed E-state index contributed by atoms with van der Waals surface area (Å²) in [5, 5.41) is 2.09. The van der Waals surface area contributed by atoms with Crippen LogP contribution in [0.25, 0.3) is 67.0 Å². The van der Waals surface area contributed by atoms with Crippen LogP contribution in [0.3, 0.4) is 0 Å². The molecule has 0 bridgehead atoms. The van der Waals surface area contributed by atoms with E-state index in [9.17, 15) is 0 Å². The summed E-state index contributed by atoms with van der Waals surface area (Å²) in [7, 11) is 0. The number of benzene rings is 4. The first-order chi connectivity index (χ1) is 26.1. The summed E-state index contributed by atoms with van der Waals surface area (Å²) in [5.74, 6) is 8.85. The van der Waals surface area contributed by atoms with E-state index in [1.54, 1.807) is 4.40 Å². The van der Waals surface area contributed by atoms with E-state index >= 15 is 0 Å². The van der Waals surface area contributed by atoms with E-state index in [0.717, 1.165) is 73.3 Å². The molecule has 7 heteroatoms. The Morgan fingerprint density at radius 3 is 2.18 bits per heavy atom. The molecule has 5 nitrogen and oxygen atoms in total. The van der Waals surface area contributed by atoms with Gasteiger partial charge in [-0.05, 0) is 70.0 Å². The van der Waals surface area contributed by atoms with Crippen LogP contribution in [0.15, 0.2) is 102 Å². The van der Waals surface area contributed by atoms with E-state index in [0.29, 0.717) is 11.6 Å². The number of para-hydroxylation sites is 2. The second-order valence-corrected chi connectivity index (χ2v) is 27.8. The van der Waals surface area contributed by atoms with Crippen LogP contribution in [0, 0.1) is 38.8 Å². The molecule has 0 aliphatic rings. The topological polar surface area (TPSA) is 56.7 Å². The molecule has 4 aromatic carbocycles. The third-order valence-electron chi connectivity index (χ3n) is 10.2. The van der Waals surface area contributed by atoms with Gasteiger partial charge < -0.3 is 8.98 Å². The Kier molecular flexibility index (Phi) is 12.0. The second-order valence-electron chi connectivity index (χ2n) is 17.3. The second kappa shape index (κ2) is 16.2. The fraction of sp³-hybridized carbons (Fsp3) is 0.286. The van der Waals surface area contributed by atoms with Crippen molar-refractivity contribution >= 4 is 50.8 Å². The van der Waals surface area contributed by atoms with Crippen molar-refractivity contribution in [3.8, 4) is 33.9 Å². The molecule has 0 fully saturated rings. The molecule has 0 unspecified atom stereocenters. The number of fused-ring (bicyclic) bond motifs is 4. The average Bonchev–Trinajstić information content (AvgIpc) is 3.71. The standard InChI is InChI=1S/C31H28N3O.C18H24GeN.Ir/c1-18-10-9-11-19(2)26(18)24-17-16-21-27-20(3)14-15-22(28(27)35-30(21)33-24)29-32-23-12-7-8-13-25(23)34(29)31(4,5)6;1-14(2)11-16-12-18(15-9-7-6-8-10-15)20-13-17(16)19(3,4)5;/h7-14,16-17H,1-6H3;6-9,12-14H,11H2,1-5H3;/q2*-1;. The van der Waals surface area contributed by atoms with Crippen molar-refractivity contribution in [2.75, 3.05) is 0 Å². The number of aromatic nitrogens is 4. The molecule has 4 aromatic heterocycles. The summed E-state index contributed by atoms with van der Waals surface area (Å²) >= 11 is -1.86. The first-order valence-corrected chi connectivity index (χ1v) is 26.7. The van der Waals surface area contributed by atoms with Crippen LogP contribution in [-0.4, -0.2) is 32.8 Å².